The molecule has 0 saturated carbocycles. The van der Waals surface area contributed by atoms with E-state index in [2.05, 4.69) is 37.7 Å². The minimum Gasteiger partial charge on any atom is -0.308 e. The molecule has 2 nitrogen and oxygen atoms in total. The van der Waals surface area contributed by atoms with Crippen molar-refractivity contribution < 1.29 is 0 Å². The fourth-order valence-corrected chi connectivity index (χ4v) is 2.32. The molecule has 0 spiro atoms. The number of hydrogen-bond acceptors (Lipinski definition) is 2. The molecule has 1 heterocycles. The van der Waals surface area contributed by atoms with Gasteiger partial charge in [0.05, 0.1) is 0 Å². The van der Waals surface area contributed by atoms with Crippen molar-refractivity contribution in [3.8, 4) is 0 Å². The van der Waals surface area contributed by atoms with Crippen molar-refractivity contribution >= 4 is 0 Å². The number of hydrogen-bond donors (Lipinski definition) is 0. The first kappa shape index (κ1) is 11.0. The van der Waals surface area contributed by atoms with Crippen molar-refractivity contribution in [3.05, 3.63) is 0 Å². The monoisotopic (exact) mass is 184 g/mol. The highest BCUT2D eigenvalue weighted by Gasteiger charge is 2.30. The van der Waals surface area contributed by atoms with E-state index in [1.54, 1.807) is 0 Å². The molecule has 2 heteroatoms. The van der Waals surface area contributed by atoms with Crippen LogP contribution >= 0.6 is 0 Å². The molecule has 13 heavy (non-hydrogen) atoms. The third kappa shape index (κ3) is 2.96. The summed E-state index contributed by atoms with van der Waals surface area (Å²) in [5.74, 6) is 0. The van der Waals surface area contributed by atoms with Crippen LogP contribution in [0.15, 0.2) is 0 Å². The summed E-state index contributed by atoms with van der Waals surface area (Å²) in [5.41, 5.74) is 0. The van der Waals surface area contributed by atoms with E-state index in [1.807, 2.05) is 0 Å². The summed E-state index contributed by atoms with van der Waals surface area (Å²) in [6.45, 7) is 7.15. The van der Waals surface area contributed by atoms with Gasteiger partial charge in [-0.05, 0) is 33.9 Å². The topological polar surface area (TPSA) is 6.48 Å². The molecule has 2 unspecified atom stereocenters. The minimum atomic E-state index is 0.736. The summed E-state index contributed by atoms with van der Waals surface area (Å²) in [6, 6.07) is 1.63. The van der Waals surface area contributed by atoms with Gasteiger partial charge in [0.2, 0.25) is 0 Å². The number of likely N-dealkylation sites (tertiary alicyclic amines) is 1. The lowest BCUT2D eigenvalue weighted by molar-refractivity contribution is 0.0322. The van der Waals surface area contributed by atoms with Crippen LogP contribution < -0.4 is 0 Å². The molecule has 0 aromatic heterocycles. The lowest BCUT2D eigenvalue weighted by Crippen LogP contribution is -2.54. The van der Waals surface area contributed by atoms with Gasteiger partial charge in [-0.15, -0.1) is 0 Å². The Bertz CT molecular complexity index is 145. The molecule has 0 aliphatic carbocycles. The summed E-state index contributed by atoms with van der Waals surface area (Å²) in [7, 11) is 4.32. The molecule has 1 aliphatic heterocycles. The highest BCUT2D eigenvalue weighted by molar-refractivity contribution is 4.86. The molecule has 2 atom stereocenters. The van der Waals surface area contributed by atoms with Gasteiger partial charge < -0.3 is 4.90 Å². The second kappa shape index (κ2) is 4.97. The predicted octanol–water partition coefficient (Wildman–Crippen LogP) is 1.81. The van der Waals surface area contributed by atoms with Crippen LogP contribution in [0.2, 0.25) is 0 Å². The zero-order chi connectivity index (χ0) is 9.84. The fraction of sp³-hybridized carbons (Fsp3) is 1.00. The maximum absolute atomic E-state index is 2.66. The van der Waals surface area contributed by atoms with Crippen LogP contribution in [-0.2, 0) is 0 Å². The average molecular weight is 184 g/mol. The Morgan fingerprint density at radius 1 is 1.46 bits per heavy atom. The van der Waals surface area contributed by atoms with Crippen LogP contribution in [-0.4, -0.2) is 49.1 Å². The first-order valence-electron chi connectivity index (χ1n) is 5.55. The fourth-order valence-electron chi connectivity index (χ4n) is 2.32. The predicted molar refractivity (Wildman–Crippen MR) is 58.0 cm³/mol. The number of rotatable bonds is 5. The molecule has 0 amide bonds. The first-order valence-corrected chi connectivity index (χ1v) is 5.55. The van der Waals surface area contributed by atoms with Crippen LogP contribution in [0, 0.1) is 0 Å². The summed E-state index contributed by atoms with van der Waals surface area (Å²) in [6.07, 6.45) is 4.14. The second-order valence-electron chi connectivity index (χ2n) is 4.58. The van der Waals surface area contributed by atoms with Crippen LogP contribution in [0.5, 0.6) is 0 Å². The SMILES string of the molecule is CCCC1CCN1C(C)CN(C)C. The molecular formula is C11H24N2. The Kier molecular flexibility index (Phi) is 4.20. The lowest BCUT2D eigenvalue weighted by atomic mass is 9.96. The molecule has 1 fully saturated rings. The molecule has 78 valence electrons. The van der Waals surface area contributed by atoms with E-state index in [-0.39, 0.29) is 0 Å². The third-order valence-electron chi connectivity index (χ3n) is 3.01. The van der Waals surface area contributed by atoms with E-state index < -0.39 is 0 Å². The summed E-state index contributed by atoms with van der Waals surface area (Å²) in [4.78, 5) is 4.94. The Balaban J connectivity index is 2.26. The highest BCUT2D eigenvalue weighted by Crippen LogP contribution is 2.24. The second-order valence-corrected chi connectivity index (χ2v) is 4.58. The smallest absolute Gasteiger partial charge is 0.0197 e. The van der Waals surface area contributed by atoms with Crippen LogP contribution in [0.1, 0.15) is 33.1 Å². The maximum atomic E-state index is 2.66. The van der Waals surface area contributed by atoms with E-state index in [0.717, 1.165) is 12.1 Å². The van der Waals surface area contributed by atoms with Gasteiger partial charge in [-0.2, -0.15) is 0 Å². The van der Waals surface area contributed by atoms with Gasteiger partial charge in [-0.25, -0.2) is 0 Å². The molecule has 0 radical (unpaired) electrons. The van der Waals surface area contributed by atoms with Gasteiger partial charge in [0.15, 0.2) is 0 Å². The molecule has 1 rings (SSSR count). The maximum Gasteiger partial charge on any atom is 0.0197 e. The first-order chi connectivity index (χ1) is 6.15. The van der Waals surface area contributed by atoms with Crippen molar-refractivity contribution in [2.45, 2.75) is 45.2 Å². The zero-order valence-corrected chi connectivity index (χ0v) is 9.58. The molecule has 1 aliphatic rings. The molecule has 0 aromatic carbocycles. The van der Waals surface area contributed by atoms with E-state index in [0.29, 0.717) is 0 Å². The average Bonchev–Trinajstić information content (AvgIpc) is 1.96. The number of likely N-dealkylation sites (N-methyl/N-ethyl adjacent to an activating group) is 1. The normalized spacial score (nSPS) is 26.1. The summed E-state index contributed by atoms with van der Waals surface area (Å²) >= 11 is 0. The van der Waals surface area contributed by atoms with Crippen molar-refractivity contribution in [2.75, 3.05) is 27.2 Å². The van der Waals surface area contributed by atoms with Crippen LogP contribution in [0.4, 0.5) is 0 Å². The van der Waals surface area contributed by atoms with Crippen molar-refractivity contribution in [2.24, 2.45) is 0 Å². The van der Waals surface area contributed by atoms with E-state index >= 15 is 0 Å². The van der Waals surface area contributed by atoms with E-state index in [1.165, 1.54) is 32.4 Å². The molecular weight excluding hydrogens is 160 g/mol. The Labute approximate surface area is 82.9 Å². The Morgan fingerprint density at radius 2 is 2.15 bits per heavy atom. The van der Waals surface area contributed by atoms with Crippen molar-refractivity contribution in [1.29, 1.82) is 0 Å². The molecule has 0 N–H and O–H groups in total. The van der Waals surface area contributed by atoms with Crippen molar-refractivity contribution in [3.63, 3.8) is 0 Å². The largest absolute Gasteiger partial charge is 0.308 e. The Morgan fingerprint density at radius 3 is 2.54 bits per heavy atom. The van der Waals surface area contributed by atoms with E-state index in [4.69, 9.17) is 0 Å². The standard InChI is InChI=1S/C11H24N2/c1-5-6-11-7-8-13(11)10(2)9-12(3)4/h10-11H,5-9H2,1-4H3. The van der Waals surface area contributed by atoms with Gasteiger partial charge in [-0.3, -0.25) is 4.90 Å². The highest BCUT2D eigenvalue weighted by atomic mass is 15.3. The van der Waals surface area contributed by atoms with Gasteiger partial charge >= 0.3 is 0 Å². The summed E-state index contributed by atoms with van der Waals surface area (Å²) in [5, 5.41) is 0. The van der Waals surface area contributed by atoms with Gasteiger partial charge in [0.25, 0.3) is 0 Å². The third-order valence-corrected chi connectivity index (χ3v) is 3.01. The number of nitrogens with zero attached hydrogens (tertiary/aromatic N) is 2. The molecule has 1 saturated heterocycles. The van der Waals surface area contributed by atoms with Crippen molar-refractivity contribution in [1.82, 2.24) is 9.80 Å². The summed E-state index contributed by atoms with van der Waals surface area (Å²) < 4.78 is 0. The quantitative estimate of drug-likeness (QED) is 0.643. The Hall–Kier alpha value is -0.0800. The molecule has 0 aromatic rings. The van der Waals surface area contributed by atoms with Gasteiger partial charge in [-0.1, -0.05) is 13.3 Å². The van der Waals surface area contributed by atoms with Gasteiger partial charge in [0, 0.05) is 25.2 Å². The van der Waals surface area contributed by atoms with Gasteiger partial charge in [0.1, 0.15) is 0 Å². The molecule has 0 bridgehead atoms. The lowest BCUT2D eigenvalue weighted by Gasteiger charge is -2.45. The van der Waals surface area contributed by atoms with Crippen LogP contribution in [0.25, 0.3) is 0 Å². The van der Waals surface area contributed by atoms with Crippen LogP contribution in [0.3, 0.4) is 0 Å². The minimum absolute atomic E-state index is 0.736. The zero-order valence-electron chi connectivity index (χ0n) is 9.58. The van der Waals surface area contributed by atoms with E-state index in [9.17, 15) is 0 Å².